The summed E-state index contributed by atoms with van der Waals surface area (Å²) in [6, 6.07) is 1.11. The minimum atomic E-state index is -0.165. The molecule has 3 fully saturated rings. The second kappa shape index (κ2) is 6.31. The van der Waals surface area contributed by atoms with Gasteiger partial charge in [-0.05, 0) is 51.5 Å². The highest BCUT2D eigenvalue weighted by Gasteiger charge is 2.36. The van der Waals surface area contributed by atoms with Gasteiger partial charge in [0.1, 0.15) is 0 Å². The number of aliphatic hydroxyl groups is 1. The van der Waals surface area contributed by atoms with Gasteiger partial charge in [-0.2, -0.15) is 0 Å². The van der Waals surface area contributed by atoms with Gasteiger partial charge >= 0.3 is 6.03 Å². The smallest absolute Gasteiger partial charge is 0.315 e. The number of nitrogens with one attached hydrogen (secondary N) is 2. The van der Waals surface area contributed by atoms with Crippen molar-refractivity contribution in [2.24, 2.45) is 0 Å². The molecule has 2 saturated heterocycles. The number of nitrogens with zero attached hydrogens (tertiary/aromatic N) is 1. The van der Waals surface area contributed by atoms with Gasteiger partial charge in [-0.1, -0.05) is 6.42 Å². The molecule has 5 heteroatoms. The summed E-state index contributed by atoms with van der Waals surface area (Å²) in [5.41, 5.74) is 0. The molecule has 2 aliphatic heterocycles. The highest BCUT2D eigenvalue weighted by atomic mass is 16.3. The van der Waals surface area contributed by atoms with Gasteiger partial charge in [-0.3, -0.25) is 4.90 Å². The van der Waals surface area contributed by atoms with Crippen molar-refractivity contribution >= 4 is 6.03 Å². The Morgan fingerprint density at radius 2 is 1.75 bits per heavy atom. The van der Waals surface area contributed by atoms with E-state index in [0.717, 1.165) is 38.6 Å². The molecule has 2 atom stereocenters. The molecule has 114 valence electrons. The van der Waals surface area contributed by atoms with Gasteiger partial charge < -0.3 is 15.7 Å². The predicted molar refractivity (Wildman–Crippen MR) is 77.5 cm³/mol. The van der Waals surface area contributed by atoms with Gasteiger partial charge in [-0.25, -0.2) is 4.79 Å². The third-order valence-corrected chi connectivity index (χ3v) is 5.20. The molecule has 3 rings (SSSR count). The lowest BCUT2D eigenvalue weighted by molar-refractivity contribution is 0.117. The minimum absolute atomic E-state index is 0.0104. The maximum atomic E-state index is 12.1. The number of piperidine rings is 1. The zero-order valence-electron chi connectivity index (χ0n) is 12.2. The average molecular weight is 281 g/mol. The molecular formula is C15H27N3O2. The quantitative estimate of drug-likeness (QED) is 0.713. The van der Waals surface area contributed by atoms with Gasteiger partial charge in [-0.15, -0.1) is 0 Å². The van der Waals surface area contributed by atoms with Crippen LogP contribution in [0.25, 0.3) is 0 Å². The van der Waals surface area contributed by atoms with E-state index in [1.54, 1.807) is 0 Å². The lowest BCUT2D eigenvalue weighted by atomic mass is 9.93. The third-order valence-electron chi connectivity index (χ3n) is 5.20. The lowest BCUT2D eigenvalue weighted by Crippen LogP contribution is -2.52. The Morgan fingerprint density at radius 3 is 2.55 bits per heavy atom. The zero-order chi connectivity index (χ0) is 13.9. The number of carbonyl (C=O) groups excluding carboxylic acids is 1. The summed E-state index contributed by atoms with van der Waals surface area (Å²) in [5, 5.41) is 15.8. The van der Waals surface area contributed by atoms with Crippen LogP contribution in [0.15, 0.2) is 0 Å². The molecule has 0 aromatic carbocycles. The van der Waals surface area contributed by atoms with Crippen LogP contribution < -0.4 is 10.6 Å². The maximum Gasteiger partial charge on any atom is 0.315 e. The fraction of sp³-hybridized carbons (Fsp3) is 0.933. The van der Waals surface area contributed by atoms with Crippen molar-refractivity contribution in [3.8, 4) is 0 Å². The highest BCUT2D eigenvalue weighted by molar-refractivity contribution is 5.74. The van der Waals surface area contributed by atoms with Crippen LogP contribution in [0.2, 0.25) is 0 Å². The molecule has 0 spiro atoms. The maximum absolute atomic E-state index is 12.1. The average Bonchev–Trinajstić information content (AvgIpc) is 2.85. The van der Waals surface area contributed by atoms with Gasteiger partial charge in [0.05, 0.1) is 6.10 Å². The largest absolute Gasteiger partial charge is 0.393 e. The first-order valence-electron chi connectivity index (χ1n) is 8.21. The summed E-state index contributed by atoms with van der Waals surface area (Å²) in [7, 11) is 0. The third kappa shape index (κ3) is 3.26. The lowest BCUT2D eigenvalue weighted by Gasteiger charge is -2.33. The van der Waals surface area contributed by atoms with Gasteiger partial charge in [0.15, 0.2) is 0 Å². The van der Waals surface area contributed by atoms with Crippen LogP contribution in [0.3, 0.4) is 0 Å². The molecule has 3 aliphatic rings. The SMILES string of the molecule is O=C(NC1CCC(O)CC1)NC1CCN2CCCCC12. The van der Waals surface area contributed by atoms with Crippen LogP contribution in [0, 0.1) is 0 Å². The summed E-state index contributed by atoms with van der Waals surface area (Å²) in [6.07, 6.45) is 8.16. The normalized spacial score (nSPS) is 38.2. The molecule has 2 unspecified atom stereocenters. The number of hydrogen-bond donors (Lipinski definition) is 3. The van der Waals surface area contributed by atoms with Gasteiger partial charge in [0, 0.05) is 24.7 Å². The van der Waals surface area contributed by atoms with Crippen molar-refractivity contribution in [2.45, 2.75) is 75.6 Å². The summed E-state index contributed by atoms with van der Waals surface area (Å²) < 4.78 is 0. The fourth-order valence-corrected chi connectivity index (χ4v) is 4.03. The minimum Gasteiger partial charge on any atom is -0.393 e. The Balaban J connectivity index is 1.44. The van der Waals surface area contributed by atoms with Gasteiger partial charge in [0.25, 0.3) is 0 Å². The van der Waals surface area contributed by atoms with Crippen LogP contribution in [0.1, 0.15) is 51.4 Å². The molecule has 0 bridgehead atoms. The number of carbonyl (C=O) groups is 1. The van der Waals surface area contributed by atoms with Crippen molar-refractivity contribution in [3.63, 3.8) is 0 Å². The van der Waals surface area contributed by atoms with E-state index in [1.165, 1.54) is 25.8 Å². The first-order valence-corrected chi connectivity index (χ1v) is 8.21. The van der Waals surface area contributed by atoms with E-state index in [1.807, 2.05) is 0 Å². The summed E-state index contributed by atoms with van der Waals surface area (Å²) >= 11 is 0. The van der Waals surface area contributed by atoms with E-state index in [4.69, 9.17) is 0 Å². The second-order valence-corrected chi connectivity index (χ2v) is 6.62. The summed E-state index contributed by atoms with van der Waals surface area (Å²) in [6.45, 7) is 2.33. The summed E-state index contributed by atoms with van der Waals surface area (Å²) in [5.74, 6) is 0. The van der Waals surface area contributed by atoms with Crippen molar-refractivity contribution in [1.82, 2.24) is 15.5 Å². The van der Waals surface area contributed by atoms with Crippen LogP contribution in [0.5, 0.6) is 0 Å². The Morgan fingerprint density at radius 1 is 0.950 bits per heavy atom. The van der Waals surface area contributed by atoms with Crippen molar-refractivity contribution < 1.29 is 9.90 Å². The van der Waals surface area contributed by atoms with Crippen molar-refractivity contribution in [2.75, 3.05) is 13.1 Å². The monoisotopic (exact) mass is 281 g/mol. The standard InChI is InChI=1S/C15H27N3O2/c19-12-6-4-11(5-7-12)16-15(20)17-13-8-10-18-9-2-1-3-14(13)18/h11-14,19H,1-10H2,(H2,16,17,20). The molecular weight excluding hydrogens is 254 g/mol. The second-order valence-electron chi connectivity index (χ2n) is 6.62. The van der Waals surface area contributed by atoms with Crippen molar-refractivity contribution in [3.05, 3.63) is 0 Å². The van der Waals surface area contributed by atoms with Crippen LogP contribution >= 0.6 is 0 Å². The van der Waals surface area contributed by atoms with E-state index in [9.17, 15) is 9.90 Å². The van der Waals surface area contributed by atoms with E-state index in [0.29, 0.717) is 12.1 Å². The highest BCUT2D eigenvalue weighted by Crippen LogP contribution is 2.27. The first-order chi connectivity index (χ1) is 9.72. The van der Waals surface area contributed by atoms with Crippen LogP contribution in [-0.4, -0.2) is 53.4 Å². The molecule has 20 heavy (non-hydrogen) atoms. The Hall–Kier alpha value is -0.810. The number of urea groups is 1. The number of amides is 2. The molecule has 2 amide bonds. The van der Waals surface area contributed by atoms with E-state index in [-0.39, 0.29) is 18.2 Å². The molecule has 5 nitrogen and oxygen atoms in total. The fourth-order valence-electron chi connectivity index (χ4n) is 4.03. The molecule has 0 radical (unpaired) electrons. The molecule has 1 saturated carbocycles. The molecule has 3 N–H and O–H groups in total. The van der Waals surface area contributed by atoms with E-state index >= 15 is 0 Å². The molecule has 0 aromatic rings. The first kappa shape index (κ1) is 14.1. The number of rotatable bonds is 2. The Labute approximate surface area is 121 Å². The zero-order valence-corrected chi connectivity index (χ0v) is 12.2. The van der Waals surface area contributed by atoms with E-state index < -0.39 is 0 Å². The number of fused-ring (bicyclic) bond motifs is 1. The van der Waals surface area contributed by atoms with Crippen molar-refractivity contribution in [1.29, 1.82) is 0 Å². The summed E-state index contributed by atoms with van der Waals surface area (Å²) in [4.78, 5) is 14.7. The predicted octanol–water partition coefficient (Wildman–Crippen LogP) is 1.22. The van der Waals surface area contributed by atoms with Crippen LogP contribution in [0.4, 0.5) is 4.79 Å². The van der Waals surface area contributed by atoms with Crippen LogP contribution in [-0.2, 0) is 0 Å². The Kier molecular flexibility index (Phi) is 4.46. The molecule has 1 aliphatic carbocycles. The molecule has 2 heterocycles. The topological polar surface area (TPSA) is 64.6 Å². The van der Waals surface area contributed by atoms with E-state index in [2.05, 4.69) is 15.5 Å². The Bertz CT molecular complexity index is 342. The molecule has 0 aromatic heterocycles. The van der Waals surface area contributed by atoms with Gasteiger partial charge in [0.2, 0.25) is 0 Å². The number of hydrogen-bond acceptors (Lipinski definition) is 3. The number of aliphatic hydroxyl groups excluding tert-OH is 1.